The SMILES string of the molecule is CCC(C)C(NC(=O)C(N)C(C)C)C(=O)NC(CCC(N)=O)C(=O)NC(CC(C)C)C(=O)O. The highest BCUT2D eigenvalue weighted by Crippen LogP contribution is 2.11. The lowest BCUT2D eigenvalue weighted by atomic mass is 9.96. The molecule has 0 spiro atoms. The number of carbonyl (C=O) groups is 5. The molecular weight excluding hydrogens is 430 g/mol. The van der Waals surface area contributed by atoms with Crippen molar-refractivity contribution in [2.75, 3.05) is 0 Å². The Morgan fingerprint density at radius 3 is 1.82 bits per heavy atom. The van der Waals surface area contributed by atoms with E-state index in [1.807, 2.05) is 20.8 Å². The molecule has 0 aromatic rings. The van der Waals surface area contributed by atoms with Crippen LogP contribution in [0.2, 0.25) is 0 Å². The zero-order valence-corrected chi connectivity index (χ0v) is 20.5. The maximum atomic E-state index is 13.0. The van der Waals surface area contributed by atoms with E-state index in [-0.39, 0.29) is 37.0 Å². The number of rotatable bonds is 15. The Balaban J connectivity index is 5.64. The number of carbonyl (C=O) groups excluding carboxylic acids is 4. The summed E-state index contributed by atoms with van der Waals surface area (Å²) in [6.45, 7) is 10.8. The zero-order chi connectivity index (χ0) is 25.9. The van der Waals surface area contributed by atoms with Crippen LogP contribution >= 0.6 is 0 Å². The van der Waals surface area contributed by atoms with Gasteiger partial charge < -0.3 is 32.5 Å². The molecule has 0 heterocycles. The second-order valence-electron chi connectivity index (χ2n) is 9.24. The highest BCUT2D eigenvalue weighted by atomic mass is 16.4. The number of hydrogen-bond acceptors (Lipinski definition) is 6. The number of aliphatic carboxylic acids is 1. The molecule has 0 fully saturated rings. The van der Waals surface area contributed by atoms with Crippen LogP contribution in [0.15, 0.2) is 0 Å². The number of nitrogens with one attached hydrogen (secondary N) is 3. The minimum atomic E-state index is -1.21. The molecule has 0 aliphatic carbocycles. The van der Waals surface area contributed by atoms with Gasteiger partial charge in [-0.15, -0.1) is 0 Å². The molecular formula is C22H41N5O6. The van der Waals surface area contributed by atoms with Crippen molar-refractivity contribution < 1.29 is 29.1 Å². The molecule has 0 aromatic heterocycles. The van der Waals surface area contributed by atoms with Crippen LogP contribution in [-0.4, -0.2) is 58.9 Å². The second kappa shape index (κ2) is 14.5. The monoisotopic (exact) mass is 471 g/mol. The Morgan fingerprint density at radius 2 is 1.39 bits per heavy atom. The number of carboxylic acids is 1. The van der Waals surface area contributed by atoms with E-state index in [1.54, 1.807) is 20.8 Å². The molecule has 11 nitrogen and oxygen atoms in total. The maximum Gasteiger partial charge on any atom is 0.326 e. The Labute approximate surface area is 195 Å². The molecule has 190 valence electrons. The van der Waals surface area contributed by atoms with Gasteiger partial charge in [-0.25, -0.2) is 4.79 Å². The quantitative estimate of drug-likeness (QED) is 0.191. The van der Waals surface area contributed by atoms with E-state index in [4.69, 9.17) is 11.5 Å². The van der Waals surface area contributed by atoms with Gasteiger partial charge in [-0.2, -0.15) is 0 Å². The fraction of sp³-hybridized carbons (Fsp3) is 0.773. The van der Waals surface area contributed by atoms with Gasteiger partial charge in [-0.3, -0.25) is 19.2 Å². The van der Waals surface area contributed by atoms with Gasteiger partial charge in [0.15, 0.2) is 0 Å². The summed E-state index contributed by atoms with van der Waals surface area (Å²) in [5.41, 5.74) is 11.1. The molecule has 0 aromatic carbocycles. The first-order valence-corrected chi connectivity index (χ1v) is 11.4. The summed E-state index contributed by atoms with van der Waals surface area (Å²) >= 11 is 0. The summed E-state index contributed by atoms with van der Waals surface area (Å²) in [5.74, 6) is -4.17. The van der Waals surface area contributed by atoms with Gasteiger partial charge in [0.05, 0.1) is 6.04 Å². The highest BCUT2D eigenvalue weighted by Gasteiger charge is 2.33. The van der Waals surface area contributed by atoms with Crippen LogP contribution in [0.5, 0.6) is 0 Å². The van der Waals surface area contributed by atoms with Crippen molar-refractivity contribution in [3.8, 4) is 0 Å². The van der Waals surface area contributed by atoms with Crippen LogP contribution in [0, 0.1) is 17.8 Å². The van der Waals surface area contributed by atoms with Crippen molar-refractivity contribution in [1.82, 2.24) is 16.0 Å². The summed E-state index contributed by atoms with van der Waals surface area (Å²) < 4.78 is 0. The molecule has 11 heteroatoms. The fourth-order valence-electron chi connectivity index (χ4n) is 3.04. The predicted octanol–water partition coefficient (Wildman–Crippen LogP) is -0.134. The predicted molar refractivity (Wildman–Crippen MR) is 124 cm³/mol. The van der Waals surface area contributed by atoms with Gasteiger partial charge >= 0.3 is 5.97 Å². The zero-order valence-electron chi connectivity index (χ0n) is 20.5. The van der Waals surface area contributed by atoms with Crippen LogP contribution in [0.4, 0.5) is 0 Å². The summed E-state index contributed by atoms with van der Waals surface area (Å²) in [6, 6.07) is -4.14. The van der Waals surface area contributed by atoms with E-state index in [9.17, 15) is 29.1 Å². The lowest BCUT2D eigenvalue weighted by Crippen LogP contribution is -2.59. The lowest BCUT2D eigenvalue weighted by molar-refractivity contribution is -0.143. The summed E-state index contributed by atoms with van der Waals surface area (Å²) in [5, 5.41) is 17.0. The molecule has 0 bridgehead atoms. The standard InChI is InChI=1S/C22H41N5O6/c1-7-13(6)18(27-20(30)17(24)12(4)5)21(31)25-14(8-9-16(23)28)19(29)26-15(22(32)33)10-11(2)3/h11-15,17-18H,7-10,24H2,1-6H3,(H2,23,28)(H,25,31)(H,26,29)(H,27,30)(H,32,33). The molecule has 5 unspecified atom stereocenters. The van der Waals surface area contributed by atoms with Gasteiger partial charge in [0.25, 0.3) is 0 Å². The first-order valence-electron chi connectivity index (χ1n) is 11.4. The first-order chi connectivity index (χ1) is 15.2. The fourth-order valence-corrected chi connectivity index (χ4v) is 3.04. The highest BCUT2D eigenvalue weighted by molar-refractivity contribution is 5.94. The van der Waals surface area contributed by atoms with Gasteiger partial charge in [0.1, 0.15) is 18.1 Å². The van der Waals surface area contributed by atoms with Crippen LogP contribution in [-0.2, 0) is 24.0 Å². The van der Waals surface area contributed by atoms with Crippen LogP contribution in [0.1, 0.15) is 67.2 Å². The Morgan fingerprint density at radius 1 is 0.848 bits per heavy atom. The van der Waals surface area contributed by atoms with E-state index in [2.05, 4.69) is 16.0 Å². The second-order valence-corrected chi connectivity index (χ2v) is 9.24. The lowest BCUT2D eigenvalue weighted by Gasteiger charge is -2.28. The number of carboxylic acid groups (broad SMARTS) is 1. The molecule has 5 atom stereocenters. The van der Waals surface area contributed by atoms with Crippen LogP contribution in [0.25, 0.3) is 0 Å². The number of nitrogens with two attached hydrogens (primary N) is 2. The Hall–Kier alpha value is -2.69. The molecule has 0 saturated carbocycles. The Bertz CT molecular complexity index is 697. The van der Waals surface area contributed by atoms with Crippen molar-refractivity contribution >= 4 is 29.6 Å². The van der Waals surface area contributed by atoms with Crippen molar-refractivity contribution in [3.05, 3.63) is 0 Å². The third-order valence-electron chi connectivity index (χ3n) is 5.45. The topological polar surface area (TPSA) is 194 Å². The van der Waals surface area contributed by atoms with E-state index >= 15 is 0 Å². The largest absolute Gasteiger partial charge is 0.480 e. The first kappa shape index (κ1) is 30.3. The van der Waals surface area contributed by atoms with E-state index in [1.165, 1.54) is 0 Å². The molecule has 0 radical (unpaired) electrons. The summed E-state index contributed by atoms with van der Waals surface area (Å²) in [4.78, 5) is 61.1. The van der Waals surface area contributed by atoms with Gasteiger partial charge in [-0.05, 0) is 30.6 Å². The molecule has 0 rings (SSSR count). The summed E-state index contributed by atoms with van der Waals surface area (Å²) in [7, 11) is 0. The van der Waals surface area contributed by atoms with Crippen molar-refractivity contribution in [2.45, 2.75) is 91.4 Å². The van der Waals surface area contributed by atoms with Crippen LogP contribution < -0.4 is 27.4 Å². The molecule has 4 amide bonds. The van der Waals surface area contributed by atoms with Crippen molar-refractivity contribution in [2.24, 2.45) is 29.2 Å². The van der Waals surface area contributed by atoms with E-state index in [0.29, 0.717) is 6.42 Å². The molecule has 0 saturated heterocycles. The van der Waals surface area contributed by atoms with Crippen molar-refractivity contribution in [3.63, 3.8) is 0 Å². The van der Waals surface area contributed by atoms with Gasteiger partial charge in [0.2, 0.25) is 23.6 Å². The minimum absolute atomic E-state index is 0.000207. The normalized spacial score (nSPS) is 15.8. The van der Waals surface area contributed by atoms with Crippen molar-refractivity contribution in [1.29, 1.82) is 0 Å². The minimum Gasteiger partial charge on any atom is -0.480 e. The average Bonchev–Trinajstić information content (AvgIpc) is 2.71. The Kier molecular flexibility index (Phi) is 13.3. The maximum absolute atomic E-state index is 13.0. The number of amides is 4. The molecule has 0 aliphatic heterocycles. The molecule has 33 heavy (non-hydrogen) atoms. The van der Waals surface area contributed by atoms with Gasteiger partial charge in [0, 0.05) is 6.42 Å². The number of hydrogen-bond donors (Lipinski definition) is 6. The number of primary amides is 1. The van der Waals surface area contributed by atoms with E-state index < -0.39 is 53.8 Å². The summed E-state index contributed by atoms with van der Waals surface area (Å²) in [6.07, 6.45) is 0.436. The van der Waals surface area contributed by atoms with E-state index in [0.717, 1.165) is 0 Å². The third kappa shape index (κ3) is 11.1. The average molecular weight is 472 g/mol. The van der Waals surface area contributed by atoms with Gasteiger partial charge in [-0.1, -0.05) is 48.0 Å². The van der Waals surface area contributed by atoms with Crippen LogP contribution in [0.3, 0.4) is 0 Å². The molecule has 8 N–H and O–H groups in total. The molecule has 0 aliphatic rings. The third-order valence-corrected chi connectivity index (χ3v) is 5.45. The smallest absolute Gasteiger partial charge is 0.326 e.